The van der Waals surface area contributed by atoms with E-state index in [1.165, 1.54) is 0 Å². The van der Waals surface area contributed by atoms with Crippen molar-refractivity contribution >= 4 is 11.6 Å². The molecule has 1 aliphatic heterocycles. The highest BCUT2D eigenvalue weighted by Crippen LogP contribution is 2.42. The van der Waals surface area contributed by atoms with Gasteiger partial charge in [0, 0.05) is 24.0 Å². The number of fused-ring (bicyclic) bond motifs is 1. The van der Waals surface area contributed by atoms with Crippen molar-refractivity contribution in [1.29, 1.82) is 0 Å². The van der Waals surface area contributed by atoms with Crippen LogP contribution in [0.3, 0.4) is 0 Å². The Morgan fingerprint density at radius 2 is 1.88 bits per heavy atom. The number of hydrogen-bond acceptors (Lipinski definition) is 5. The van der Waals surface area contributed by atoms with Crippen LogP contribution in [0.4, 0.5) is 10.1 Å². The molecule has 132 valence electrons. The monoisotopic (exact) mass is 352 g/mol. The lowest BCUT2D eigenvalue weighted by Gasteiger charge is -2.16. The number of carbonyl (C=O) groups excluding carboxylic acids is 1. The van der Waals surface area contributed by atoms with Crippen molar-refractivity contribution in [2.45, 2.75) is 26.2 Å². The molecule has 0 saturated heterocycles. The smallest absolute Gasteiger partial charge is 0.251 e. The second-order valence-corrected chi connectivity index (χ2v) is 6.94. The molecule has 0 spiro atoms. The van der Waals surface area contributed by atoms with Crippen LogP contribution in [0.5, 0.6) is 0 Å². The summed E-state index contributed by atoms with van der Waals surface area (Å²) in [6.45, 7) is 5.56. The SMILES string of the molecule is Cc1cc(-c2nnc(-c3ccc4c(c3)N(C)C(=O)C4(C)C)o2)c(F)cn1. The van der Waals surface area contributed by atoms with Gasteiger partial charge in [-0.15, -0.1) is 10.2 Å². The topological polar surface area (TPSA) is 72.1 Å². The Balaban J connectivity index is 1.76. The minimum absolute atomic E-state index is 0.0326. The molecule has 26 heavy (non-hydrogen) atoms. The summed E-state index contributed by atoms with van der Waals surface area (Å²) in [6.07, 6.45) is 1.13. The first-order valence-corrected chi connectivity index (χ1v) is 8.18. The van der Waals surface area contributed by atoms with Gasteiger partial charge < -0.3 is 9.32 Å². The lowest BCUT2D eigenvalue weighted by Crippen LogP contribution is -2.33. The standard InChI is InChI=1S/C19H17FN4O2/c1-10-7-12(14(20)9-21-10)17-23-22-16(26-17)11-5-6-13-15(8-11)24(4)18(25)19(13,2)3/h5-9H,1-4H3. The molecule has 1 aromatic carbocycles. The van der Waals surface area contributed by atoms with Crippen molar-refractivity contribution in [3.63, 3.8) is 0 Å². The first-order chi connectivity index (χ1) is 12.3. The van der Waals surface area contributed by atoms with Gasteiger partial charge in [-0.2, -0.15) is 0 Å². The Bertz CT molecular complexity index is 1040. The van der Waals surface area contributed by atoms with Gasteiger partial charge in [0.05, 0.1) is 17.2 Å². The number of anilines is 1. The Labute approximate surface area is 149 Å². The van der Waals surface area contributed by atoms with Gasteiger partial charge in [-0.05, 0) is 44.5 Å². The fourth-order valence-electron chi connectivity index (χ4n) is 3.27. The van der Waals surface area contributed by atoms with E-state index in [-0.39, 0.29) is 23.3 Å². The van der Waals surface area contributed by atoms with Crippen LogP contribution in [0.25, 0.3) is 22.9 Å². The van der Waals surface area contributed by atoms with Gasteiger partial charge in [-0.3, -0.25) is 9.78 Å². The molecular formula is C19H17FN4O2. The maximum absolute atomic E-state index is 14.0. The number of hydrogen-bond donors (Lipinski definition) is 0. The molecular weight excluding hydrogens is 335 g/mol. The molecule has 3 aromatic rings. The number of benzene rings is 1. The van der Waals surface area contributed by atoms with Crippen molar-refractivity contribution in [2.24, 2.45) is 0 Å². The number of carbonyl (C=O) groups is 1. The minimum Gasteiger partial charge on any atom is -0.416 e. The summed E-state index contributed by atoms with van der Waals surface area (Å²) in [6, 6.07) is 7.13. The van der Waals surface area contributed by atoms with E-state index in [1.54, 1.807) is 24.9 Å². The number of likely N-dealkylation sites (N-methyl/N-ethyl adjacent to an activating group) is 1. The zero-order valence-electron chi connectivity index (χ0n) is 14.9. The van der Waals surface area contributed by atoms with Crippen LogP contribution >= 0.6 is 0 Å². The highest BCUT2D eigenvalue weighted by molar-refractivity contribution is 6.07. The molecule has 1 amide bonds. The Kier molecular flexibility index (Phi) is 3.44. The van der Waals surface area contributed by atoms with Crippen LogP contribution in [0.1, 0.15) is 25.1 Å². The zero-order valence-corrected chi connectivity index (χ0v) is 14.9. The Morgan fingerprint density at radius 1 is 1.15 bits per heavy atom. The molecule has 2 aromatic heterocycles. The number of pyridine rings is 1. The molecule has 0 radical (unpaired) electrons. The average Bonchev–Trinajstić information content (AvgIpc) is 3.17. The maximum atomic E-state index is 14.0. The lowest BCUT2D eigenvalue weighted by molar-refractivity contribution is -0.121. The van der Waals surface area contributed by atoms with Gasteiger partial charge in [0.2, 0.25) is 11.8 Å². The Hall–Kier alpha value is -3.09. The summed E-state index contributed by atoms with van der Waals surface area (Å²) in [5.41, 5.74) is 2.73. The number of amides is 1. The van der Waals surface area contributed by atoms with Crippen molar-refractivity contribution in [1.82, 2.24) is 15.2 Å². The number of nitrogens with zero attached hydrogens (tertiary/aromatic N) is 4. The molecule has 0 unspecified atom stereocenters. The van der Waals surface area contributed by atoms with Gasteiger partial charge in [0.25, 0.3) is 5.89 Å². The third-order valence-corrected chi connectivity index (χ3v) is 4.77. The summed E-state index contributed by atoms with van der Waals surface area (Å²) in [5.74, 6) is -0.132. The molecule has 0 saturated carbocycles. The largest absolute Gasteiger partial charge is 0.416 e. The number of aryl methyl sites for hydroxylation is 1. The predicted molar refractivity (Wildman–Crippen MR) is 94.1 cm³/mol. The molecule has 0 N–H and O–H groups in total. The summed E-state index contributed by atoms with van der Waals surface area (Å²) in [4.78, 5) is 17.9. The van der Waals surface area contributed by atoms with E-state index >= 15 is 0 Å². The summed E-state index contributed by atoms with van der Waals surface area (Å²) < 4.78 is 19.7. The lowest BCUT2D eigenvalue weighted by atomic mass is 9.86. The van der Waals surface area contributed by atoms with Crippen LogP contribution in [0, 0.1) is 12.7 Å². The molecule has 0 bridgehead atoms. The van der Waals surface area contributed by atoms with E-state index in [4.69, 9.17) is 4.42 Å². The molecule has 6 nitrogen and oxygen atoms in total. The number of rotatable bonds is 2. The van der Waals surface area contributed by atoms with Crippen molar-refractivity contribution < 1.29 is 13.6 Å². The van der Waals surface area contributed by atoms with E-state index in [0.29, 0.717) is 11.3 Å². The van der Waals surface area contributed by atoms with E-state index in [2.05, 4.69) is 15.2 Å². The fraction of sp³-hybridized carbons (Fsp3) is 0.263. The molecule has 0 aliphatic carbocycles. The van der Waals surface area contributed by atoms with E-state index < -0.39 is 11.2 Å². The van der Waals surface area contributed by atoms with Crippen LogP contribution in [0.15, 0.2) is 34.9 Å². The fourth-order valence-corrected chi connectivity index (χ4v) is 3.27. The normalized spacial score (nSPS) is 15.4. The second kappa shape index (κ2) is 5.45. The van der Waals surface area contributed by atoms with Gasteiger partial charge in [-0.1, -0.05) is 6.07 Å². The van der Waals surface area contributed by atoms with Crippen LogP contribution in [0.2, 0.25) is 0 Å². The van der Waals surface area contributed by atoms with Gasteiger partial charge in [0.15, 0.2) is 5.82 Å². The van der Waals surface area contributed by atoms with E-state index in [1.807, 2.05) is 32.0 Å². The van der Waals surface area contributed by atoms with Crippen LogP contribution < -0.4 is 4.90 Å². The zero-order chi connectivity index (χ0) is 18.6. The molecule has 0 fully saturated rings. The average molecular weight is 352 g/mol. The molecule has 1 aliphatic rings. The molecule has 0 atom stereocenters. The van der Waals surface area contributed by atoms with Gasteiger partial charge in [-0.25, -0.2) is 4.39 Å². The minimum atomic E-state index is -0.569. The maximum Gasteiger partial charge on any atom is 0.251 e. The van der Waals surface area contributed by atoms with Gasteiger partial charge >= 0.3 is 0 Å². The second-order valence-electron chi connectivity index (χ2n) is 6.94. The highest BCUT2D eigenvalue weighted by atomic mass is 19.1. The first-order valence-electron chi connectivity index (χ1n) is 8.18. The van der Waals surface area contributed by atoms with Crippen molar-refractivity contribution in [2.75, 3.05) is 11.9 Å². The third-order valence-electron chi connectivity index (χ3n) is 4.77. The number of aromatic nitrogens is 3. The third kappa shape index (κ3) is 2.31. The molecule has 3 heterocycles. The highest BCUT2D eigenvalue weighted by Gasteiger charge is 2.42. The van der Waals surface area contributed by atoms with E-state index in [9.17, 15) is 9.18 Å². The molecule has 4 rings (SSSR count). The quantitative estimate of drug-likeness (QED) is 0.706. The summed E-state index contributed by atoms with van der Waals surface area (Å²) >= 11 is 0. The van der Waals surface area contributed by atoms with E-state index in [0.717, 1.165) is 17.4 Å². The summed E-state index contributed by atoms with van der Waals surface area (Å²) in [7, 11) is 1.74. The van der Waals surface area contributed by atoms with Crippen LogP contribution in [-0.2, 0) is 10.2 Å². The summed E-state index contributed by atoms with van der Waals surface area (Å²) in [5, 5.41) is 7.99. The van der Waals surface area contributed by atoms with Crippen LogP contribution in [-0.4, -0.2) is 28.1 Å². The van der Waals surface area contributed by atoms with Crippen molar-refractivity contribution in [3.05, 3.63) is 47.5 Å². The van der Waals surface area contributed by atoms with Crippen molar-refractivity contribution in [3.8, 4) is 22.9 Å². The predicted octanol–water partition coefficient (Wildman–Crippen LogP) is 3.50. The first kappa shape index (κ1) is 16.4. The molecule has 7 heteroatoms. The van der Waals surface area contributed by atoms with Gasteiger partial charge in [0.1, 0.15) is 0 Å². The Morgan fingerprint density at radius 3 is 2.65 bits per heavy atom. The number of halogens is 1.